The fourth-order valence-corrected chi connectivity index (χ4v) is 5.93. The lowest BCUT2D eigenvalue weighted by Crippen LogP contribution is -2.59. The monoisotopic (exact) mass is 892 g/mol. The number of carboxylic acids is 1. The Morgan fingerprint density at radius 2 is 0.968 bits per heavy atom. The molecule has 7 atom stereocenters. The Hall–Kier alpha value is -3.99. The van der Waals surface area contributed by atoms with Crippen LogP contribution in [-0.4, -0.2) is 165 Å². The van der Waals surface area contributed by atoms with Crippen molar-refractivity contribution in [1.29, 1.82) is 0 Å². The summed E-state index contributed by atoms with van der Waals surface area (Å²) in [7, 11) is 0. The lowest BCUT2D eigenvalue weighted by Gasteiger charge is -2.31. The Morgan fingerprint density at radius 3 is 1.47 bits per heavy atom. The van der Waals surface area contributed by atoms with Crippen molar-refractivity contribution in [3.05, 3.63) is 0 Å². The molecule has 21 nitrogen and oxygen atoms in total. The summed E-state index contributed by atoms with van der Waals surface area (Å²) in [6.07, 6.45) is -3.23. The summed E-state index contributed by atoms with van der Waals surface area (Å²) in [5, 5.41) is 46.5. The van der Waals surface area contributed by atoms with Crippen molar-refractivity contribution in [2.24, 2.45) is 29.4 Å². The van der Waals surface area contributed by atoms with Crippen LogP contribution in [0.15, 0.2) is 0 Å². The van der Waals surface area contributed by atoms with E-state index in [4.69, 9.17) is 29.8 Å². The zero-order chi connectivity index (χ0) is 47.4. The Morgan fingerprint density at radius 1 is 0.516 bits per heavy atom. The largest absolute Gasteiger partial charge is 0.481 e. The Balaban J connectivity index is 5.16. The third-order valence-corrected chi connectivity index (χ3v) is 9.14. The molecule has 0 aromatic rings. The molecule has 0 rings (SSSR count). The van der Waals surface area contributed by atoms with Crippen LogP contribution in [0.3, 0.4) is 0 Å². The molecule has 0 heterocycles. The molecule has 21 heteroatoms. The minimum atomic E-state index is -1.39. The number of amides is 6. The predicted octanol–water partition coefficient (Wildman–Crippen LogP) is -1.44. The molecule has 0 radical (unpaired) electrons. The number of nitrogens with one attached hydrogen (secondary N) is 6. The molecule has 0 spiro atoms. The smallest absolute Gasteiger partial charge is 0.306 e. The van der Waals surface area contributed by atoms with E-state index in [1.165, 1.54) is 6.92 Å². The molecule has 62 heavy (non-hydrogen) atoms. The topological polar surface area (TPSA) is 315 Å². The number of aliphatic hydroxyl groups excluding tert-OH is 2. The van der Waals surface area contributed by atoms with E-state index in [9.17, 15) is 43.8 Å². The van der Waals surface area contributed by atoms with Gasteiger partial charge < -0.3 is 71.9 Å². The molecule has 0 aliphatic rings. The number of hydrogen-bond acceptors (Lipinski definition) is 14. The van der Waals surface area contributed by atoms with Crippen LogP contribution in [0.4, 0.5) is 0 Å². The maximum atomic E-state index is 13.7. The molecule has 0 aromatic carbocycles. The molecule has 0 aromatic heterocycles. The van der Waals surface area contributed by atoms with Gasteiger partial charge in [-0.3, -0.25) is 33.6 Å². The van der Waals surface area contributed by atoms with Crippen LogP contribution < -0.4 is 37.6 Å². The van der Waals surface area contributed by atoms with Crippen molar-refractivity contribution in [3.8, 4) is 0 Å². The number of rotatable bonds is 35. The van der Waals surface area contributed by atoms with Gasteiger partial charge in [0, 0.05) is 13.1 Å². The van der Waals surface area contributed by atoms with Crippen molar-refractivity contribution >= 4 is 41.4 Å². The zero-order valence-electron chi connectivity index (χ0n) is 38.2. The fourth-order valence-electron chi connectivity index (χ4n) is 5.93. The molecule has 0 saturated carbocycles. The van der Waals surface area contributed by atoms with Gasteiger partial charge in [-0.25, -0.2) is 0 Å². The van der Waals surface area contributed by atoms with E-state index in [0.717, 1.165) is 0 Å². The summed E-state index contributed by atoms with van der Waals surface area (Å²) in [6, 6.07) is -5.00. The number of aliphatic carboxylic acids is 1. The van der Waals surface area contributed by atoms with E-state index < -0.39 is 96.7 Å². The van der Waals surface area contributed by atoms with Gasteiger partial charge in [0.15, 0.2) is 0 Å². The fraction of sp³-hybridized carbons (Fsp3) is 0.829. The summed E-state index contributed by atoms with van der Waals surface area (Å²) >= 11 is 0. The molecule has 11 N–H and O–H groups in total. The number of hydrogen-bond donors (Lipinski definition) is 10. The van der Waals surface area contributed by atoms with Gasteiger partial charge in [-0.05, 0) is 43.4 Å². The standard InChI is InChI=1S/C41H77N7O14/c1-24(2)18-29(31(49)20-33(51)44-28(9)39(56)45-30(19-25(3)4)32(50)21-36(54)55)46-40(57)38(27(7)8)48-41(58)37(26(5)6)47-35(53)23-62-17-15-60-13-11-43-34(52)22-61-16-14-59-12-10-42/h24-32,37-38,49-50H,10-23,42H2,1-9H3,(H,43,52)(H,44,51)(H,45,56)(H,46,57)(H,47,53)(H,48,58)(H,54,55)/t28?,29?,30?,31?,32-,37?,38?/m0/s1. The first-order valence-electron chi connectivity index (χ1n) is 21.4. The Kier molecular flexibility index (Phi) is 30.6. The number of carboxylic acid groups (broad SMARTS) is 1. The number of ether oxygens (including phenoxy) is 4. The van der Waals surface area contributed by atoms with Gasteiger partial charge in [-0.15, -0.1) is 0 Å². The highest BCUT2D eigenvalue weighted by Gasteiger charge is 2.34. The van der Waals surface area contributed by atoms with E-state index in [0.29, 0.717) is 26.2 Å². The second-order valence-electron chi connectivity index (χ2n) is 16.7. The van der Waals surface area contributed by atoms with Crippen LogP contribution in [0.1, 0.15) is 88.0 Å². The molecule has 0 saturated heterocycles. The van der Waals surface area contributed by atoms with Crippen molar-refractivity contribution in [2.45, 2.75) is 130 Å². The quantitative estimate of drug-likeness (QED) is 0.0326. The Labute approximate surface area is 366 Å². The molecule has 6 unspecified atom stereocenters. The first-order valence-corrected chi connectivity index (χ1v) is 21.4. The van der Waals surface area contributed by atoms with Crippen LogP contribution in [0.2, 0.25) is 0 Å². The Bertz CT molecular complexity index is 1350. The van der Waals surface area contributed by atoms with Gasteiger partial charge in [0.05, 0.1) is 76.8 Å². The van der Waals surface area contributed by atoms with Crippen molar-refractivity contribution < 1.29 is 67.8 Å². The number of nitrogens with two attached hydrogens (primary N) is 1. The van der Waals surface area contributed by atoms with E-state index in [-0.39, 0.29) is 76.3 Å². The normalized spacial score (nSPS) is 15.0. The average Bonchev–Trinajstić information content (AvgIpc) is 3.16. The van der Waals surface area contributed by atoms with Gasteiger partial charge in [-0.1, -0.05) is 55.4 Å². The summed E-state index contributed by atoms with van der Waals surface area (Å²) in [5.74, 6) is -5.49. The maximum Gasteiger partial charge on any atom is 0.306 e. The minimum absolute atomic E-state index is 0.0211. The van der Waals surface area contributed by atoms with Crippen molar-refractivity contribution in [3.63, 3.8) is 0 Å². The lowest BCUT2D eigenvalue weighted by atomic mass is 9.95. The molecule has 0 fully saturated rings. The van der Waals surface area contributed by atoms with Gasteiger partial charge in [0.25, 0.3) is 0 Å². The summed E-state index contributed by atoms with van der Waals surface area (Å²) in [4.78, 5) is 88.7. The molecule has 0 aliphatic heterocycles. The summed E-state index contributed by atoms with van der Waals surface area (Å²) in [5.41, 5.74) is 5.32. The van der Waals surface area contributed by atoms with Crippen LogP contribution in [0, 0.1) is 23.7 Å². The van der Waals surface area contributed by atoms with Gasteiger partial charge in [0.2, 0.25) is 35.4 Å². The van der Waals surface area contributed by atoms with Crippen molar-refractivity contribution in [2.75, 3.05) is 65.9 Å². The zero-order valence-corrected chi connectivity index (χ0v) is 38.2. The van der Waals surface area contributed by atoms with E-state index in [1.807, 2.05) is 27.7 Å². The van der Waals surface area contributed by atoms with Crippen LogP contribution in [0.25, 0.3) is 0 Å². The second-order valence-corrected chi connectivity index (χ2v) is 16.7. The predicted molar refractivity (Wildman–Crippen MR) is 228 cm³/mol. The molecule has 0 aliphatic carbocycles. The number of carbonyl (C=O) groups excluding carboxylic acids is 6. The van der Waals surface area contributed by atoms with Gasteiger partial charge >= 0.3 is 5.97 Å². The highest BCUT2D eigenvalue weighted by Crippen LogP contribution is 2.15. The number of aliphatic hydroxyl groups is 2. The molecule has 360 valence electrons. The number of carbonyl (C=O) groups is 7. The molecule has 0 bridgehead atoms. The van der Waals surface area contributed by atoms with Crippen molar-refractivity contribution in [1.82, 2.24) is 31.9 Å². The SMILES string of the molecule is CC(C)CC(NC(=O)C(NC(=O)C(NC(=O)COCCOCCNC(=O)COCCOCCN)C(C)C)C(C)C)C(O)CC(=O)NC(C)C(=O)NC(CC(C)C)[C@@H](O)CC(=O)O. The lowest BCUT2D eigenvalue weighted by molar-refractivity contribution is -0.140. The average molecular weight is 892 g/mol. The maximum absolute atomic E-state index is 13.7. The van der Waals surface area contributed by atoms with Gasteiger partial charge in [-0.2, -0.15) is 0 Å². The van der Waals surface area contributed by atoms with Crippen LogP contribution in [-0.2, 0) is 52.5 Å². The van der Waals surface area contributed by atoms with E-state index >= 15 is 0 Å². The van der Waals surface area contributed by atoms with Crippen LogP contribution in [0.5, 0.6) is 0 Å². The van der Waals surface area contributed by atoms with Crippen LogP contribution >= 0.6 is 0 Å². The minimum Gasteiger partial charge on any atom is -0.481 e. The molecular weight excluding hydrogens is 814 g/mol. The van der Waals surface area contributed by atoms with E-state index in [2.05, 4.69) is 31.9 Å². The first kappa shape index (κ1) is 58.0. The molecular formula is C41H77N7O14. The third kappa shape index (κ3) is 27.2. The molecule has 6 amide bonds. The third-order valence-electron chi connectivity index (χ3n) is 9.14. The summed E-state index contributed by atoms with van der Waals surface area (Å²) in [6.45, 7) is 17.4. The summed E-state index contributed by atoms with van der Waals surface area (Å²) < 4.78 is 21.1. The first-order chi connectivity index (χ1) is 29.1. The highest BCUT2D eigenvalue weighted by molar-refractivity contribution is 5.93. The highest BCUT2D eigenvalue weighted by atomic mass is 16.5. The van der Waals surface area contributed by atoms with E-state index in [1.54, 1.807) is 27.7 Å². The second kappa shape index (κ2) is 32.7. The van der Waals surface area contributed by atoms with Gasteiger partial charge in [0.1, 0.15) is 31.3 Å².